The topological polar surface area (TPSA) is 42.0 Å². The Morgan fingerprint density at radius 2 is 2.15 bits per heavy atom. The SMILES string of the molecule is O=C(NCC1CC1)c1ccc(-c2cccc(F)c2)nc1. The maximum atomic E-state index is 13.2. The molecule has 1 amide bonds. The van der Waals surface area contributed by atoms with Gasteiger partial charge in [-0.05, 0) is 43.0 Å². The zero-order valence-electron chi connectivity index (χ0n) is 11.0. The summed E-state index contributed by atoms with van der Waals surface area (Å²) in [7, 11) is 0. The van der Waals surface area contributed by atoms with Crippen LogP contribution in [0.2, 0.25) is 0 Å². The Morgan fingerprint density at radius 3 is 2.80 bits per heavy atom. The number of pyridine rings is 1. The third kappa shape index (κ3) is 3.02. The second-order valence-corrected chi connectivity index (χ2v) is 5.10. The van der Waals surface area contributed by atoms with Crippen molar-refractivity contribution >= 4 is 5.91 Å². The molecule has 1 aliphatic rings. The minimum absolute atomic E-state index is 0.102. The van der Waals surface area contributed by atoms with E-state index in [2.05, 4.69) is 10.3 Å². The molecule has 0 spiro atoms. The number of hydrogen-bond acceptors (Lipinski definition) is 2. The second-order valence-electron chi connectivity index (χ2n) is 5.10. The Bertz CT molecular complexity index is 621. The molecule has 0 bridgehead atoms. The number of nitrogens with one attached hydrogen (secondary N) is 1. The van der Waals surface area contributed by atoms with Crippen molar-refractivity contribution < 1.29 is 9.18 Å². The van der Waals surface area contributed by atoms with Gasteiger partial charge in [0.1, 0.15) is 5.82 Å². The molecule has 1 aromatic carbocycles. The lowest BCUT2D eigenvalue weighted by molar-refractivity contribution is 0.0951. The van der Waals surface area contributed by atoms with Gasteiger partial charge in [-0.15, -0.1) is 0 Å². The summed E-state index contributed by atoms with van der Waals surface area (Å²) in [4.78, 5) is 16.1. The highest BCUT2D eigenvalue weighted by atomic mass is 19.1. The summed E-state index contributed by atoms with van der Waals surface area (Å²) in [6.07, 6.45) is 3.94. The fourth-order valence-electron chi connectivity index (χ4n) is 2.01. The smallest absolute Gasteiger partial charge is 0.252 e. The van der Waals surface area contributed by atoms with Gasteiger partial charge in [0.15, 0.2) is 0 Å². The number of carbonyl (C=O) groups is 1. The largest absolute Gasteiger partial charge is 0.352 e. The van der Waals surface area contributed by atoms with Crippen molar-refractivity contribution in [2.75, 3.05) is 6.54 Å². The number of aromatic nitrogens is 1. The number of rotatable bonds is 4. The third-order valence-corrected chi connectivity index (χ3v) is 3.39. The molecule has 0 saturated heterocycles. The Labute approximate surface area is 116 Å². The van der Waals surface area contributed by atoms with Crippen molar-refractivity contribution in [3.8, 4) is 11.3 Å². The molecule has 1 aromatic heterocycles. The fourth-order valence-corrected chi connectivity index (χ4v) is 2.01. The van der Waals surface area contributed by atoms with Gasteiger partial charge in [-0.25, -0.2) is 4.39 Å². The van der Waals surface area contributed by atoms with Gasteiger partial charge in [0.05, 0.1) is 11.3 Å². The van der Waals surface area contributed by atoms with Crippen LogP contribution in [0.5, 0.6) is 0 Å². The summed E-state index contributed by atoms with van der Waals surface area (Å²) in [6.45, 7) is 0.741. The van der Waals surface area contributed by atoms with Crippen LogP contribution in [0.1, 0.15) is 23.2 Å². The molecule has 0 atom stereocenters. The van der Waals surface area contributed by atoms with Gasteiger partial charge in [-0.3, -0.25) is 9.78 Å². The van der Waals surface area contributed by atoms with Gasteiger partial charge < -0.3 is 5.32 Å². The van der Waals surface area contributed by atoms with Crippen molar-refractivity contribution in [1.29, 1.82) is 0 Å². The van der Waals surface area contributed by atoms with Gasteiger partial charge >= 0.3 is 0 Å². The Morgan fingerprint density at radius 1 is 1.30 bits per heavy atom. The summed E-state index contributed by atoms with van der Waals surface area (Å²) in [5.74, 6) is 0.254. The molecule has 20 heavy (non-hydrogen) atoms. The lowest BCUT2D eigenvalue weighted by atomic mass is 10.1. The van der Waals surface area contributed by atoms with Crippen LogP contribution in [-0.4, -0.2) is 17.4 Å². The molecule has 1 fully saturated rings. The molecule has 1 saturated carbocycles. The van der Waals surface area contributed by atoms with Crippen LogP contribution in [0.3, 0.4) is 0 Å². The lowest BCUT2D eigenvalue weighted by Gasteiger charge is -2.05. The van der Waals surface area contributed by atoms with E-state index in [-0.39, 0.29) is 11.7 Å². The van der Waals surface area contributed by atoms with E-state index in [4.69, 9.17) is 0 Å². The maximum Gasteiger partial charge on any atom is 0.252 e. The normalized spacial score (nSPS) is 14.1. The first-order valence-corrected chi connectivity index (χ1v) is 6.72. The molecule has 0 unspecified atom stereocenters. The quantitative estimate of drug-likeness (QED) is 0.927. The molecule has 0 radical (unpaired) electrons. The first kappa shape index (κ1) is 12.8. The van der Waals surface area contributed by atoms with Crippen LogP contribution >= 0.6 is 0 Å². The van der Waals surface area contributed by atoms with Crippen molar-refractivity contribution in [1.82, 2.24) is 10.3 Å². The zero-order valence-corrected chi connectivity index (χ0v) is 11.0. The molecule has 1 N–H and O–H groups in total. The maximum absolute atomic E-state index is 13.2. The van der Waals surface area contributed by atoms with Crippen molar-refractivity contribution in [2.24, 2.45) is 5.92 Å². The van der Waals surface area contributed by atoms with Gasteiger partial charge in [0, 0.05) is 18.3 Å². The Hall–Kier alpha value is -2.23. The van der Waals surface area contributed by atoms with Gasteiger partial charge in [-0.2, -0.15) is 0 Å². The number of carbonyl (C=O) groups excluding carboxylic acids is 1. The summed E-state index contributed by atoms with van der Waals surface area (Å²) >= 11 is 0. The average molecular weight is 270 g/mol. The van der Waals surface area contributed by atoms with E-state index in [1.807, 2.05) is 0 Å². The summed E-state index contributed by atoms with van der Waals surface area (Å²) in [5, 5.41) is 2.89. The van der Waals surface area contributed by atoms with Crippen molar-refractivity contribution in [3.63, 3.8) is 0 Å². The van der Waals surface area contributed by atoms with Crippen LogP contribution in [0.15, 0.2) is 42.6 Å². The van der Waals surface area contributed by atoms with Gasteiger partial charge in [0.25, 0.3) is 5.91 Å². The Kier molecular flexibility index (Phi) is 3.46. The van der Waals surface area contributed by atoms with E-state index >= 15 is 0 Å². The highest BCUT2D eigenvalue weighted by Gasteiger charge is 2.21. The lowest BCUT2D eigenvalue weighted by Crippen LogP contribution is -2.25. The highest BCUT2D eigenvalue weighted by Crippen LogP contribution is 2.27. The van der Waals surface area contributed by atoms with E-state index in [0.29, 0.717) is 22.7 Å². The first-order valence-electron chi connectivity index (χ1n) is 6.72. The van der Waals surface area contributed by atoms with E-state index in [9.17, 15) is 9.18 Å². The minimum atomic E-state index is -0.296. The molecule has 4 heteroatoms. The second kappa shape index (κ2) is 5.41. The Balaban J connectivity index is 1.71. The fraction of sp³-hybridized carbons (Fsp3) is 0.250. The predicted molar refractivity (Wildman–Crippen MR) is 74.7 cm³/mol. The van der Waals surface area contributed by atoms with E-state index in [1.54, 1.807) is 24.3 Å². The van der Waals surface area contributed by atoms with Crippen molar-refractivity contribution in [3.05, 3.63) is 54.0 Å². The van der Waals surface area contributed by atoms with E-state index in [1.165, 1.54) is 31.2 Å². The van der Waals surface area contributed by atoms with Crippen LogP contribution in [0, 0.1) is 11.7 Å². The zero-order chi connectivity index (χ0) is 13.9. The van der Waals surface area contributed by atoms with Crippen molar-refractivity contribution in [2.45, 2.75) is 12.8 Å². The molecule has 1 heterocycles. The molecule has 2 aromatic rings. The summed E-state index contributed by atoms with van der Waals surface area (Å²) in [6, 6.07) is 9.70. The predicted octanol–water partition coefficient (Wildman–Crippen LogP) is 3.03. The standard InChI is InChI=1S/C16H15FN2O/c17-14-3-1-2-12(8-14)15-7-6-13(10-18-15)16(20)19-9-11-4-5-11/h1-3,6-8,10-11H,4-5,9H2,(H,19,20). The third-order valence-electron chi connectivity index (χ3n) is 3.39. The van der Waals surface area contributed by atoms with Gasteiger partial charge in [0.2, 0.25) is 0 Å². The number of hydrogen-bond donors (Lipinski definition) is 1. The molecule has 1 aliphatic carbocycles. The highest BCUT2D eigenvalue weighted by molar-refractivity contribution is 5.94. The number of halogens is 1. The number of nitrogens with zero attached hydrogens (tertiary/aromatic N) is 1. The van der Waals surface area contributed by atoms with Crippen LogP contribution < -0.4 is 5.32 Å². The average Bonchev–Trinajstić information content (AvgIpc) is 3.29. The summed E-state index contributed by atoms with van der Waals surface area (Å²) in [5.41, 5.74) is 1.89. The minimum Gasteiger partial charge on any atom is -0.352 e. The number of benzene rings is 1. The van der Waals surface area contributed by atoms with Crippen LogP contribution in [-0.2, 0) is 0 Å². The van der Waals surface area contributed by atoms with Crippen LogP contribution in [0.4, 0.5) is 4.39 Å². The molecular formula is C16H15FN2O. The van der Waals surface area contributed by atoms with Crippen LogP contribution in [0.25, 0.3) is 11.3 Å². The number of amides is 1. The van der Waals surface area contributed by atoms with Gasteiger partial charge in [-0.1, -0.05) is 12.1 Å². The van der Waals surface area contributed by atoms with E-state index in [0.717, 1.165) is 6.54 Å². The monoisotopic (exact) mass is 270 g/mol. The molecule has 3 nitrogen and oxygen atoms in total. The van der Waals surface area contributed by atoms with E-state index < -0.39 is 0 Å². The molecule has 102 valence electrons. The molecule has 3 rings (SSSR count). The summed E-state index contributed by atoms with van der Waals surface area (Å²) < 4.78 is 13.2. The first-order chi connectivity index (χ1) is 9.72. The molecule has 0 aliphatic heterocycles. The molecular weight excluding hydrogens is 255 g/mol.